The molecule has 1 saturated heterocycles. The first-order chi connectivity index (χ1) is 11.1. The monoisotopic (exact) mass is 330 g/mol. The lowest BCUT2D eigenvalue weighted by Gasteiger charge is -2.32. The van der Waals surface area contributed by atoms with Crippen molar-refractivity contribution in [3.8, 4) is 11.8 Å². The average Bonchev–Trinajstić information content (AvgIpc) is 2.74. The van der Waals surface area contributed by atoms with Crippen molar-refractivity contribution in [2.24, 2.45) is 0 Å². The number of esters is 1. The Morgan fingerprint density at radius 3 is 2.21 bits per heavy atom. The summed E-state index contributed by atoms with van der Waals surface area (Å²) in [7, 11) is 0.248. The quantitative estimate of drug-likeness (QED) is 0.475. The van der Waals surface area contributed by atoms with E-state index in [1.54, 1.807) is 24.3 Å². The molecule has 24 heavy (non-hydrogen) atoms. The van der Waals surface area contributed by atoms with Gasteiger partial charge in [-0.15, -0.1) is 0 Å². The highest BCUT2D eigenvalue weighted by molar-refractivity contribution is 6.54. The van der Waals surface area contributed by atoms with E-state index in [9.17, 15) is 9.18 Å². The zero-order valence-corrected chi connectivity index (χ0v) is 14.5. The van der Waals surface area contributed by atoms with E-state index in [2.05, 4.69) is 16.6 Å². The van der Waals surface area contributed by atoms with Crippen LogP contribution in [0, 0.1) is 11.8 Å². The fraction of sp³-hybridized carbons (Fsp3) is 0.389. The van der Waals surface area contributed by atoms with Crippen molar-refractivity contribution >= 4 is 19.2 Å². The van der Waals surface area contributed by atoms with Crippen molar-refractivity contribution in [2.45, 2.75) is 38.9 Å². The number of halogens is 1. The van der Waals surface area contributed by atoms with Crippen LogP contribution in [0.4, 0.5) is 4.39 Å². The molecule has 0 aliphatic carbocycles. The fourth-order valence-electron chi connectivity index (χ4n) is 2.02. The number of methoxy groups -OCH3 is 1. The van der Waals surface area contributed by atoms with Gasteiger partial charge in [-0.2, -0.15) is 0 Å². The van der Waals surface area contributed by atoms with Crippen LogP contribution in [0.1, 0.15) is 38.8 Å². The van der Waals surface area contributed by atoms with E-state index in [4.69, 9.17) is 9.31 Å². The van der Waals surface area contributed by atoms with E-state index >= 15 is 0 Å². The van der Waals surface area contributed by atoms with Crippen LogP contribution in [0.2, 0.25) is 0 Å². The van der Waals surface area contributed by atoms with Crippen molar-refractivity contribution in [3.63, 3.8) is 0 Å². The van der Waals surface area contributed by atoms with Crippen molar-refractivity contribution in [1.29, 1.82) is 0 Å². The molecule has 0 atom stereocenters. The Morgan fingerprint density at radius 2 is 1.71 bits per heavy atom. The number of hydrogen-bond acceptors (Lipinski definition) is 4. The Labute approximate surface area is 142 Å². The minimum Gasteiger partial charge on any atom is -0.459 e. The number of hydrogen-bond donors (Lipinski definition) is 0. The first-order valence-corrected chi connectivity index (χ1v) is 7.57. The van der Waals surface area contributed by atoms with Gasteiger partial charge in [0, 0.05) is 11.5 Å². The van der Waals surface area contributed by atoms with Crippen LogP contribution < -0.4 is 0 Å². The third kappa shape index (κ3) is 4.05. The molecule has 0 bridgehead atoms. The van der Waals surface area contributed by atoms with Gasteiger partial charge < -0.3 is 14.0 Å². The van der Waals surface area contributed by atoms with Crippen LogP contribution in [0.15, 0.2) is 30.0 Å². The summed E-state index contributed by atoms with van der Waals surface area (Å²) in [6, 6.07) is 6.79. The highest BCUT2D eigenvalue weighted by atomic mass is 19.1. The Balaban J connectivity index is 2.11. The average molecular weight is 330 g/mol. The molecule has 1 aromatic rings. The smallest absolute Gasteiger partial charge is 0.459 e. The number of carbonyl (C=O) groups excluding carboxylic acids is 1. The summed E-state index contributed by atoms with van der Waals surface area (Å²) in [5.74, 6) is 4.39. The molecule has 0 spiro atoms. The lowest BCUT2D eigenvalue weighted by molar-refractivity contribution is -0.133. The Bertz CT molecular complexity index is 695. The summed E-state index contributed by atoms with van der Waals surface area (Å²) in [6.07, 6.45) is 1.36. The lowest BCUT2D eigenvalue weighted by Crippen LogP contribution is -2.41. The predicted molar refractivity (Wildman–Crippen MR) is 90.5 cm³/mol. The van der Waals surface area contributed by atoms with Crippen LogP contribution in [-0.4, -0.2) is 31.4 Å². The summed E-state index contributed by atoms with van der Waals surface area (Å²) in [5, 5.41) is 0. The van der Waals surface area contributed by atoms with Gasteiger partial charge >= 0.3 is 13.1 Å². The molecular weight excluding hydrogens is 310 g/mol. The molecule has 0 unspecified atom stereocenters. The molecule has 1 aliphatic rings. The molecule has 0 saturated carbocycles. The predicted octanol–water partition coefficient (Wildman–Crippen LogP) is 3.15. The highest BCUT2D eigenvalue weighted by Gasteiger charge is 2.52. The highest BCUT2D eigenvalue weighted by Crippen LogP contribution is 2.39. The van der Waals surface area contributed by atoms with Crippen molar-refractivity contribution in [3.05, 3.63) is 41.1 Å². The van der Waals surface area contributed by atoms with E-state index in [1.165, 1.54) is 13.2 Å². The van der Waals surface area contributed by atoms with Gasteiger partial charge in [0.1, 0.15) is 5.73 Å². The number of rotatable bonds is 2. The second-order valence-electron chi connectivity index (χ2n) is 6.48. The minimum atomic E-state index is -1.02. The molecule has 1 fully saturated rings. The van der Waals surface area contributed by atoms with Crippen LogP contribution in [0.5, 0.6) is 0 Å². The Morgan fingerprint density at radius 1 is 1.17 bits per heavy atom. The zero-order valence-electron chi connectivity index (χ0n) is 14.5. The lowest BCUT2D eigenvalue weighted by atomic mass is 9.87. The third-order valence-corrected chi connectivity index (χ3v) is 4.19. The Kier molecular flexibility index (Phi) is 5.17. The molecule has 0 amide bonds. The van der Waals surface area contributed by atoms with Crippen molar-refractivity contribution < 1.29 is 23.2 Å². The molecule has 1 aliphatic heterocycles. The SMILES string of the molecule is COC(=O)C#Cc1ccc(C=C(F)B2OC(C)(C)C(C)(C)O2)cc1. The molecule has 1 aromatic carbocycles. The maximum Gasteiger partial charge on any atom is 0.525 e. The molecule has 6 heteroatoms. The van der Waals surface area contributed by atoms with Gasteiger partial charge in [-0.3, -0.25) is 0 Å². The van der Waals surface area contributed by atoms with E-state index < -0.39 is 30.0 Å². The summed E-state index contributed by atoms with van der Waals surface area (Å²) in [6.45, 7) is 7.48. The summed E-state index contributed by atoms with van der Waals surface area (Å²) >= 11 is 0. The second kappa shape index (κ2) is 6.80. The molecule has 0 radical (unpaired) electrons. The van der Waals surface area contributed by atoms with Crippen LogP contribution in [0.25, 0.3) is 6.08 Å². The molecular formula is C18H20BFO4. The van der Waals surface area contributed by atoms with E-state index in [-0.39, 0.29) is 0 Å². The van der Waals surface area contributed by atoms with Gasteiger partial charge in [0.25, 0.3) is 0 Å². The van der Waals surface area contributed by atoms with Gasteiger partial charge in [0.05, 0.1) is 18.3 Å². The van der Waals surface area contributed by atoms with E-state index in [0.29, 0.717) is 11.1 Å². The molecule has 1 heterocycles. The third-order valence-electron chi connectivity index (χ3n) is 4.19. The number of benzene rings is 1. The second-order valence-corrected chi connectivity index (χ2v) is 6.48. The maximum atomic E-state index is 14.4. The van der Waals surface area contributed by atoms with Gasteiger partial charge in [-0.05, 0) is 51.5 Å². The standard InChI is InChI=1S/C18H20BFO4/c1-17(2)18(3,4)24-19(23-17)15(20)12-14-8-6-13(7-9-14)10-11-16(21)22-5/h6-9,12H,1-5H3. The van der Waals surface area contributed by atoms with Gasteiger partial charge in [-0.1, -0.05) is 18.1 Å². The molecule has 4 nitrogen and oxygen atoms in total. The number of ether oxygens (including phenoxy) is 1. The van der Waals surface area contributed by atoms with Crippen molar-refractivity contribution in [1.82, 2.24) is 0 Å². The first kappa shape index (κ1) is 18.2. The normalized spacial score (nSPS) is 18.8. The van der Waals surface area contributed by atoms with Crippen LogP contribution in [0.3, 0.4) is 0 Å². The molecule has 126 valence electrons. The zero-order chi connectivity index (χ0) is 18.0. The number of carbonyl (C=O) groups is 1. The van der Waals surface area contributed by atoms with Gasteiger partial charge in [-0.25, -0.2) is 9.18 Å². The summed E-state index contributed by atoms with van der Waals surface area (Å²) in [5.41, 5.74) is -0.395. The molecule has 0 N–H and O–H groups in total. The van der Waals surface area contributed by atoms with E-state index in [1.807, 2.05) is 27.7 Å². The first-order valence-electron chi connectivity index (χ1n) is 7.57. The van der Waals surface area contributed by atoms with Crippen LogP contribution in [-0.2, 0) is 18.8 Å². The maximum absolute atomic E-state index is 14.4. The largest absolute Gasteiger partial charge is 0.525 e. The van der Waals surface area contributed by atoms with Crippen molar-refractivity contribution in [2.75, 3.05) is 7.11 Å². The summed E-state index contributed by atoms with van der Waals surface area (Å²) in [4.78, 5) is 11.0. The molecule has 0 aromatic heterocycles. The Hall–Kier alpha value is -2.10. The van der Waals surface area contributed by atoms with Gasteiger partial charge in [0.2, 0.25) is 0 Å². The van der Waals surface area contributed by atoms with Gasteiger partial charge in [0.15, 0.2) is 0 Å². The van der Waals surface area contributed by atoms with Crippen LogP contribution >= 0.6 is 0 Å². The van der Waals surface area contributed by atoms with E-state index in [0.717, 1.165) is 0 Å². The fourth-order valence-corrected chi connectivity index (χ4v) is 2.02. The minimum absolute atomic E-state index is 0.498. The topological polar surface area (TPSA) is 44.8 Å². The summed E-state index contributed by atoms with van der Waals surface area (Å²) < 4.78 is 30.2. The molecule has 2 rings (SSSR count).